The van der Waals surface area contributed by atoms with Crippen molar-refractivity contribution in [1.82, 2.24) is 14.4 Å². The number of thiophene rings is 1. The number of rotatable bonds is 5. The van der Waals surface area contributed by atoms with Gasteiger partial charge in [0.05, 0.1) is 18.2 Å². The molecule has 0 atom stereocenters. The molecule has 6 heteroatoms. The van der Waals surface area contributed by atoms with Gasteiger partial charge in [0.15, 0.2) is 5.65 Å². The summed E-state index contributed by atoms with van der Waals surface area (Å²) in [4.78, 5) is 9.88. The summed E-state index contributed by atoms with van der Waals surface area (Å²) in [5.41, 5.74) is 3.56. The van der Waals surface area contributed by atoms with Crippen LogP contribution in [-0.4, -0.2) is 21.5 Å². The molecular weight excluding hydrogens is 344 g/mol. The molecule has 1 N–H and O–H groups in total. The number of methoxy groups -OCH3 is 1. The quantitative estimate of drug-likeness (QED) is 0.545. The van der Waals surface area contributed by atoms with Gasteiger partial charge in [0.25, 0.3) is 0 Å². The predicted molar refractivity (Wildman–Crippen MR) is 105 cm³/mol. The molecule has 3 heterocycles. The van der Waals surface area contributed by atoms with E-state index in [1.807, 2.05) is 40.2 Å². The van der Waals surface area contributed by atoms with E-state index >= 15 is 0 Å². The normalized spacial score (nSPS) is 10.6. The summed E-state index contributed by atoms with van der Waals surface area (Å²) in [7, 11) is 1.67. The molecule has 3 aromatic heterocycles. The second kappa shape index (κ2) is 6.90. The Hall–Kier alpha value is -3.30. The van der Waals surface area contributed by atoms with Gasteiger partial charge in [-0.25, -0.2) is 4.98 Å². The summed E-state index contributed by atoms with van der Waals surface area (Å²) < 4.78 is 7.29. The molecule has 0 amide bonds. The first-order valence-electron chi connectivity index (χ1n) is 8.03. The number of nitrogens with zero attached hydrogens (tertiary/aromatic N) is 3. The van der Waals surface area contributed by atoms with E-state index in [-0.39, 0.29) is 0 Å². The van der Waals surface area contributed by atoms with Gasteiger partial charge in [0.1, 0.15) is 17.3 Å². The van der Waals surface area contributed by atoms with E-state index in [1.165, 1.54) is 0 Å². The smallest absolute Gasteiger partial charge is 0.157 e. The van der Waals surface area contributed by atoms with E-state index in [2.05, 4.69) is 22.3 Å². The van der Waals surface area contributed by atoms with Gasteiger partial charge < -0.3 is 10.1 Å². The summed E-state index contributed by atoms with van der Waals surface area (Å²) in [6, 6.07) is 9.91. The average Bonchev–Trinajstić information content (AvgIpc) is 3.30. The Kier molecular flexibility index (Phi) is 4.30. The average molecular weight is 360 g/mol. The summed E-state index contributed by atoms with van der Waals surface area (Å²) >= 11 is 1.59. The molecule has 0 saturated heterocycles. The lowest BCUT2D eigenvalue weighted by molar-refractivity contribution is 0.414. The van der Waals surface area contributed by atoms with E-state index in [0.717, 1.165) is 38.9 Å². The van der Waals surface area contributed by atoms with E-state index in [4.69, 9.17) is 16.1 Å². The highest BCUT2D eigenvalue weighted by Crippen LogP contribution is 2.35. The number of fused-ring (bicyclic) bond motifs is 1. The molecule has 0 aliphatic rings. The number of ether oxygens (including phenoxy) is 1. The fraction of sp³-hybridized carbons (Fsp3) is 0.100. The Morgan fingerprint density at radius 3 is 3.12 bits per heavy atom. The number of nitrogens with one attached hydrogen (secondary N) is 1. The van der Waals surface area contributed by atoms with Crippen LogP contribution in [0.2, 0.25) is 0 Å². The molecule has 5 nitrogen and oxygen atoms in total. The molecular formula is C20H16N4OS. The van der Waals surface area contributed by atoms with Crippen LogP contribution < -0.4 is 10.1 Å². The van der Waals surface area contributed by atoms with Crippen LogP contribution in [0.5, 0.6) is 5.75 Å². The fourth-order valence-corrected chi connectivity index (χ4v) is 3.66. The number of hydrogen-bond donors (Lipinski definition) is 1. The maximum absolute atomic E-state index is 5.65. The highest BCUT2D eigenvalue weighted by atomic mass is 32.1. The SMILES string of the molecule is C#Cc1ccsc1-c1nc2cnccn2c1NCc1cccc(OC)c1. The lowest BCUT2D eigenvalue weighted by Gasteiger charge is -2.09. The molecule has 4 rings (SSSR count). The minimum Gasteiger partial charge on any atom is -0.497 e. The van der Waals surface area contributed by atoms with Crippen LogP contribution in [0, 0.1) is 12.3 Å². The highest BCUT2D eigenvalue weighted by molar-refractivity contribution is 7.13. The Morgan fingerprint density at radius 2 is 2.27 bits per heavy atom. The molecule has 0 aliphatic heterocycles. The van der Waals surface area contributed by atoms with Gasteiger partial charge >= 0.3 is 0 Å². The third-order valence-electron chi connectivity index (χ3n) is 4.06. The third kappa shape index (κ3) is 2.89. The summed E-state index contributed by atoms with van der Waals surface area (Å²) in [6.45, 7) is 0.636. The van der Waals surface area contributed by atoms with Gasteiger partial charge in [-0.3, -0.25) is 9.38 Å². The molecule has 0 aliphatic carbocycles. The third-order valence-corrected chi connectivity index (χ3v) is 4.98. The molecule has 26 heavy (non-hydrogen) atoms. The van der Waals surface area contributed by atoms with Crippen molar-refractivity contribution in [3.05, 3.63) is 65.4 Å². The topological polar surface area (TPSA) is 51.5 Å². The maximum Gasteiger partial charge on any atom is 0.157 e. The van der Waals surface area contributed by atoms with Crippen molar-refractivity contribution in [3.8, 4) is 28.7 Å². The first-order valence-corrected chi connectivity index (χ1v) is 8.91. The van der Waals surface area contributed by atoms with Crippen LogP contribution >= 0.6 is 11.3 Å². The zero-order valence-electron chi connectivity index (χ0n) is 14.1. The van der Waals surface area contributed by atoms with Crippen molar-refractivity contribution in [2.24, 2.45) is 0 Å². The molecule has 0 saturated carbocycles. The molecule has 0 radical (unpaired) electrons. The van der Waals surface area contributed by atoms with E-state index in [0.29, 0.717) is 6.54 Å². The Bertz CT molecular complexity index is 1110. The van der Waals surface area contributed by atoms with Crippen LogP contribution in [0.3, 0.4) is 0 Å². The fourth-order valence-electron chi connectivity index (χ4n) is 2.81. The lowest BCUT2D eigenvalue weighted by atomic mass is 10.2. The van der Waals surface area contributed by atoms with Gasteiger partial charge in [0, 0.05) is 24.5 Å². The summed E-state index contributed by atoms with van der Waals surface area (Å²) in [6.07, 6.45) is 11.0. The summed E-state index contributed by atoms with van der Waals surface area (Å²) in [5, 5.41) is 5.48. The van der Waals surface area contributed by atoms with Crippen molar-refractivity contribution in [2.75, 3.05) is 12.4 Å². The van der Waals surface area contributed by atoms with Gasteiger partial charge in [-0.05, 0) is 29.1 Å². The van der Waals surface area contributed by atoms with Crippen molar-refractivity contribution in [3.63, 3.8) is 0 Å². The van der Waals surface area contributed by atoms with Gasteiger partial charge in [-0.1, -0.05) is 18.1 Å². The van der Waals surface area contributed by atoms with Crippen LogP contribution in [0.4, 0.5) is 5.82 Å². The standard InChI is InChI=1S/C20H16N4OS/c1-3-15-7-10-26-19(15)18-20(24-9-8-21-13-17(24)23-18)22-12-14-5-4-6-16(11-14)25-2/h1,4-11,13,22H,12H2,2H3. The molecule has 0 unspecified atom stereocenters. The van der Waals surface area contributed by atoms with Crippen LogP contribution in [-0.2, 0) is 6.54 Å². The van der Waals surface area contributed by atoms with Crippen molar-refractivity contribution in [2.45, 2.75) is 6.54 Å². The summed E-state index contributed by atoms with van der Waals surface area (Å²) in [5.74, 6) is 4.46. The first kappa shape index (κ1) is 16.2. The van der Waals surface area contributed by atoms with Crippen LogP contribution in [0.25, 0.3) is 16.2 Å². The van der Waals surface area contributed by atoms with Gasteiger partial charge in [-0.15, -0.1) is 17.8 Å². The number of terminal acetylenes is 1. The van der Waals surface area contributed by atoms with E-state index in [9.17, 15) is 0 Å². The predicted octanol–water partition coefficient (Wildman–Crippen LogP) is 4.06. The Labute approximate surface area is 155 Å². The Morgan fingerprint density at radius 1 is 1.35 bits per heavy atom. The molecule has 0 bridgehead atoms. The Balaban J connectivity index is 1.75. The number of imidazole rings is 1. The number of anilines is 1. The number of hydrogen-bond acceptors (Lipinski definition) is 5. The highest BCUT2D eigenvalue weighted by Gasteiger charge is 2.17. The van der Waals surface area contributed by atoms with Gasteiger partial charge in [0.2, 0.25) is 0 Å². The minimum atomic E-state index is 0.636. The number of benzene rings is 1. The largest absolute Gasteiger partial charge is 0.497 e. The second-order valence-electron chi connectivity index (χ2n) is 5.63. The lowest BCUT2D eigenvalue weighted by Crippen LogP contribution is -2.03. The first-order chi connectivity index (χ1) is 12.8. The van der Waals surface area contributed by atoms with E-state index in [1.54, 1.807) is 30.8 Å². The van der Waals surface area contributed by atoms with Gasteiger partial charge in [-0.2, -0.15) is 0 Å². The number of aromatic nitrogens is 3. The molecule has 0 fully saturated rings. The second-order valence-corrected chi connectivity index (χ2v) is 6.54. The maximum atomic E-state index is 5.65. The van der Waals surface area contributed by atoms with Crippen molar-refractivity contribution in [1.29, 1.82) is 0 Å². The zero-order valence-corrected chi connectivity index (χ0v) is 15.0. The van der Waals surface area contributed by atoms with E-state index < -0.39 is 0 Å². The monoisotopic (exact) mass is 360 g/mol. The van der Waals surface area contributed by atoms with Crippen LogP contribution in [0.1, 0.15) is 11.1 Å². The van der Waals surface area contributed by atoms with Crippen LogP contribution in [0.15, 0.2) is 54.3 Å². The molecule has 4 aromatic rings. The zero-order chi connectivity index (χ0) is 17.9. The molecule has 0 spiro atoms. The minimum absolute atomic E-state index is 0.636. The molecule has 1 aromatic carbocycles. The van der Waals surface area contributed by atoms with Crippen molar-refractivity contribution < 1.29 is 4.74 Å². The van der Waals surface area contributed by atoms with Crippen molar-refractivity contribution >= 4 is 22.8 Å². The molecule has 128 valence electrons.